The van der Waals surface area contributed by atoms with Gasteiger partial charge in [0.05, 0.1) is 19.6 Å². The summed E-state index contributed by atoms with van der Waals surface area (Å²) in [6.07, 6.45) is 1.36. The third-order valence-corrected chi connectivity index (χ3v) is 4.25. The van der Waals surface area contributed by atoms with Crippen molar-refractivity contribution in [2.24, 2.45) is 0 Å². The van der Waals surface area contributed by atoms with Gasteiger partial charge in [0.1, 0.15) is 0 Å². The number of carbonyl (C=O) groups is 2. The van der Waals surface area contributed by atoms with Gasteiger partial charge in [-0.15, -0.1) is 0 Å². The number of morpholine rings is 1. The van der Waals surface area contributed by atoms with Gasteiger partial charge in [0.25, 0.3) is 0 Å². The van der Waals surface area contributed by atoms with Gasteiger partial charge in [-0.1, -0.05) is 18.2 Å². The number of fused-ring (bicyclic) bond motifs is 1. The SMILES string of the molecule is CCn1cc(CC(=O)N2CCO[C@H](C(=O)O)C2)c2ccccc21. The topological polar surface area (TPSA) is 71.8 Å². The van der Waals surface area contributed by atoms with Crippen LogP contribution in [0.2, 0.25) is 0 Å². The van der Waals surface area contributed by atoms with E-state index >= 15 is 0 Å². The van der Waals surface area contributed by atoms with Crippen LogP contribution in [-0.2, 0) is 27.3 Å². The Balaban J connectivity index is 1.79. The minimum absolute atomic E-state index is 0.0569. The highest BCUT2D eigenvalue weighted by molar-refractivity contribution is 5.89. The molecule has 0 bridgehead atoms. The first-order chi connectivity index (χ1) is 11.1. The Morgan fingerprint density at radius 2 is 2.13 bits per heavy atom. The van der Waals surface area contributed by atoms with Crippen LogP contribution in [0.3, 0.4) is 0 Å². The highest BCUT2D eigenvalue weighted by atomic mass is 16.5. The van der Waals surface area contributed by atoms with Crippen LogP contribution in [-0.4, -0.2) is 52.3 Å². The van der Waals surface area contributed by atoms with Crippen LogP contribution in [0.25, 0.3) is 10.9 Å². The van der Waals surface area contributed by atoms with Crippen LogP contribution in [0.4, 0.5) is 0 Å². The molecule has 1 aromatic heterocycles. The zero-order valence-electron chi connectivity index (χ0n) is 13.1. The fourth-order valence-electron chi connectivity index (χ4n) is 3.03. The van der Waals surface area contributed by atoms with E-state index in [-0.39, 0.29) is 25.5 Å². The molecule has 1 aliphatic rings. The van der Waals surface area contributed by atoms with Crippen molar-refractivity contribution < 1.29 is 19.4 Å². The summed E-state index contributed by atoms with van der Waals surface area (Å²) >= 11 is 0. The molecule has 1 saturated heterocycles. The second-order valence-corrected chi connectivity index (χ2v) is 5.67. The lowest BCUT2D eigenvalue weighted by atomic mass is 10.1. The van der Waals surface area contributed by atoms with Gasteiger partial charge in [-0.05, 0) is 18.6 Å². The third-order valence-electron chi connectivity index (χ3n) is 4.25. The molecule has 1 aliphatic heterocycles. The Labute approximate surface area is 134 Å². The Bertz CT molecular complexity index is 737. The molecule has 6 heteroatoms. The number of hydrogen-bond donors (Lipinski definition) is 1. The lowest BCUT2D eigenvalue weighted by molar-refractivity contribution is -0.159. The summed E-state index contributed by atoms with van der Waals surface area (Å²) in [6, 6.07) is 8.01. The van der Waals surface area contributed by atoms with Gasteiger partial charge in [-0.2, -0.15) is 0 Å². The predicted octanol–water partition coefficient (Wildman–Crippen LogP) is 1.52. The molecule has 3 rings (SSSR count). The van der Waals surface area contributed by atoms with Crippen LogP contribution >= 0.6 is 0 Å². The second-order valence-electron chi connectivity index (χ2n) is 5.67. The Hall–Kier alpha value is -2.34. The monoisotopic (exact) mass is 316 g/mol. The number of hydrogen-bond acceptors (Lipinski definition) is 3. The lowest BCUT2D eigenvalue weighted by Crippen LogP contribution is -2.49. The van der Waals surface area contributed by atoms with Crippen molar-refractivity contribution in [1.82, 2.24) is 9.47 Å². The predicted molar refractivity (Wildman–Crippen MR) is 85.3 cm³/mol. The molecule has 23 heavy (non-hydrogen) atoms. The quantitative estimate of drug-likeness (QED) is 0.928. The smallest absolute Gasteiger partial charge is 0.334 e. The van der Waals surface area contributed by atoms with Crippen molar-refractivity contribution in [2.75, 3.05) is 19.7 Å². The molecule has 1 amide bonds. The highest BCUT2D eigenvalue weighted by Crippen LogP contribution is 2.22. The van der Waals surface area contributed by atoms with E-state index in [9.17, 15) is 9.59 Å². The van der Waals surface area contributed by atoms with E-state index in [1.165, 1.54) is 0 Å². The maximum atomic E-state index is 12.5. The van der Waals surface area contributed by atoms with Gasteiger partial charge in [0.15, 0.2) is 6.10 Å². The molecule has 122 valence electrons. The lowest BCUT2D eigenvalue weighted by Gasteiger charge is -2.30. The molecular weight excluding hydrogens is 296 g/mol. The maximum absolute atomic E-state index is 12.5. The molecule has 0 spiro atoms. The summed E-state index contributed by atoms with van der Waals surface area (Å²) in [5.74, 6) is -1.08. The number of ether oxygens (including phenoxy) is 1. The van der Waals surface area contributed by atoms with Gasteiger partial charge < -0.3 is 19.3 Å². The zero-order chi connectivity index (χ0) is 16.4. The van der Waals surface area contributed by atoms with E-state index in [4.69, 9.17) is 9.84 Å². The molecule has 0 saturated carbocycles. The number of rotatable bonds is 4. The molecular formula is C17H20N2O4. The minimum Gasteiger partial charge on any atom is -0.479 e. The number of aliphatic carboxylic acids is 1. The molecule has 2 aromatic rings. The van der Waals surface area contributed by atoms with Gasteiger partial charge in [-0.25, -0.2) is 4.79 Å². The minimum atomic E-state index is -1.02. The number of amides is 1. The van der Waals surface area contributed by atoms with E-state index in [1.54, 1.807) is 4.90 Å². The largest absolute Gasteiger partial charge is 0.479 e. The fourth-order valence-corrected chi connectivity index (χ4v) is 3.03. The molecule has 0 radical (unpaired) electrons. The average molecular weight is 316 g/mol. The number of nitrogens with zero attached hydrogens (tertiary/aromatic N) is 2. The first-order valence-corrected chi connectivity index (χ1v) is 7.79. The normalized spacial score (nSPS) is 18.3. The zero-order valence-corrected chi connectivity index (χ0v) is 13.1. The number of para-hydroxylation sites is 1. The number of aromatic nitrogens is 1. The molecule has 0 unspecified atom stereocenters. The van der Waals surface area contributed by atoms with Crippen LogP contribution in [0.1, 0.15) is 12.5 Å². The Morgan fingerprint density at radius 1 is 1.35 bits per heavy atom. The average Bonchev–Trinajstić information content (AvgIpc) is 2.93. The van der Waals surface area contributed by atoms with E-state index in [2.05, 4.69) is 11.5 Å². The van der Waals surface area contributed by atoms with E-state index in [1.807, 2.05) is 30.5 Å². The highest BCUT2D eigenvalue weighted by Gasteiger charge is 2.29. The standard InChI is InChI=1S/C17H20N2O4/c1-2-18-10-12(13-5-3-4-6-14(13)18)9-16(20)19-7-8-23-15(11-19)17(21)22/h3-6,10,15H,2,7-9,11H2,1H3,(H,21,22)/t15-/m0/s1. The van der Waals surface area contributed by atoms with Crippen LogP contribution < -0.4 is 0 Å². The van der Waals surface area contributed by atoms with Crippen molar-refractivity contribution in [1.29, 1.82) is 0 Å². The van der Waals surface area contributed by atoms with Crippen molar-refractivity contribution in [3.63, 3.8) is 0 Å². The molecule has 2 heterocycles. The van der Waals surface area contributed by atoms with Gasteiger partial charge >= 0.3 is 5.97 Å². The van der Waals surface area contributed by atoms with Crippen LogP contribution in [0.5, 0.6) is 0 Å². The van der Waals surface area contributed by atoms with Crippen molar-refractivity contribution in [3.8, 4) is 0 Å². The first kappa shape index (κ1) is 15.6. The summed E-state index contributed by atoms with van der Waals surface area (Å²) in [5.41, 5.74) is 2.09. The second kappa shape index (κ2) is 6.42. The molecule has 6 nitrogen and oxygen atoms in total. The first-order valence-electron chi connectivity index (χ1n) is 7.79. The molecule has 1 fully saturated rings. The number of benzene rings is 1. The number of aryl methyl sites for hydroxylation is 1. The molecule has 1 N–H and O–H groups in total. The summed E-state index contributed by atoms with van der Waals surface area (Å²) in [5, 5.41) is 10.1. The van der Waals surface area contributed by atoms with E-state index in [0.717, 1.165) is 23.0 Å². The van der Waals surface area contributed by atoms with Gasteiger partial charge in [0.2, 0.25) is 5.91 Å². The van der Waals surface area contributed by atoms with E-state index < -0.39 is 12.1 Å². The number of carbonyl (C=O) groups excluding carboxylic acids is 1. The van der Waals surface area contributed by atoms with E-state index in [0.29, 0.717) is 6.54 Å². The van der Waals surface area contributed by atoms with Gasteiger partial charge in [-0.3, -0.25) is 4.79 Å². The van der Waals surface area contributed by atoms with Crippen LogP contribution in [0.15, 0.2) is 30.5 Å². The number of carboxylic acids is 1. The summed E-state index contributed by atoms with van der Waals surface area (Å²) < 4.78 is 7.29. The maximum Gasteiger partial charge on any atom is 0.334 e. The summed E-state index contributed by atoms with van der Waals surface area (Å²) in [4.78, 5) is 25.2. The molecule has 0 aliphatic carbocycles. The van der Waals surface area contributed by atoms with Gasteiger partial charge in [0, 0.05) is 30.2 Å². The van der Waals surface area contributed by atoms with Crippen molar-refractivity contribution >= 4 is 22.8 Å². The molecule has 1 atom stereocenters. The van der Waals surface area contributed by atoms with Crippen LogP contribution in [0, 0.1) is 0 Å². The fraction of sp³-hybridized carbons (Fsp3) is 0.412. The Kier molecular flexibility index (Phi) is 4.34. The number of carboxylic acid groups (broad SMARTS) is 1. The third kappa shape index (κ3) is 3.07. The van der Waals surface area contributed by atoms with Crippen molar-refractivity contribution in [2.45, 2.75) is 26.0 Å². The Morgan fingerprint density at radius 3 is 2.87 bits per heavy atom. The molecule has 1 aromatic carbocycles. The van der Waals surface area contributed by atoms with Crippen molar-refractivity contribution in [3.05, 3.63) is 36.0 Å². The summed E-state index contributed by atoms with van der Waals surface area (Å²) in [7, 11) is 0. The summed E-state index contributed by atoms with van der Waals surface area (Å²) in [6.45, 7) is 3.72.